The van der Waals surface area contributed by atoms with E-state index in [9.17, 15) is 83.6 Å². The molecule has 0 aliphatic carbocycles. The van der Waals surface area contributed by atoms with Crippen molar-refractivity contribution in [2.45, 2.75) is 223 Å². The number of thioether (sulfide) groups is 1. The number of aliphatic carboxylic acids is 2. The summed E-state index contributed by atoms with van der Waals surface area (Å²) in [5, 5.41) is 84.7. The number of carboxylic acid groups (broad SMARTS) is 2. The molecule has 14 unspecified atom stereocenters. The van der Waals surface area contributed by atoms with Gasteiger partial charge in [-0.3, -0.25) is 40.0 Å². The molecule has 0 bridgehead atoms. The lowest BCUT2D eigenvalue weighted by Gasteiger charge is -2.51. The van der Waals surface area contributed by atoms with Crippen LogP contribution in [0.25, 0.3) is 0 Å². The molecule has 13 N–H and O–H groups in total. The van der Waals surface area contributed by atoms with E-state index in [0.29, 0.717) is 25.8 Å². The Labute approximate surface area is 675 Å². The summed E-state index contributed by atoms with van der Waals surface area (Å²) in [5.74, 6) is -4.79. The fourth-order valence-corrected chi connectivity index (χ4v) is 17.2. The molecule has 115 heavy (non-hydrogen) atoms. The Hall–Kier alpha value is -2.73. The van der Waals surface area contributed by atoms with Crippen molar-refractivity contribution in [3.05, 3.63) is 0 Å². The highest BCUT2D eigenvalue weighted by atomic mass is 32.3. The summed E-state index contributed by atoms with van der Waals surface area (Å²) in [6, 6.07) is -1.49. The van der Waals surface area contributed by atoms with Gasteiger partial charge in [0.2, 0.25) is 11.8 Å². The fourth-order valence-electron chi connectivity index (χ4n) is 13.3. The number of hydrogen-bond acceptors (Lipinski definition) is 50. The Morgan fingerprint density at radius 2 is 0.878 bits per heavy atom. The van der Waals surface area contributed by atoms with Gasteiger partial charge in [0.05, 0.1) is 44.1 Å². The average molecular weight is 1840 g/mol. The topological polar surface area (TPSA) is 695 Å². The van der Waals surface area contributed by atoms with E-state index in [4.69, 9.17) is 102 Å². The van der Waals surface area contributed by atoms with E-state index >= 15 is 0 Å². The normalized spacial score (nSPS) is 35.2. The zero-order valence-electron chi connectivity index (χ0n) is 60.9. The monoisotopic (exact) mass is 1840 g/mol. The number of unbranched alkanes of at least 4 members (excludes halogenated alkanes) is 3. The molecule has 7 aliphatic rings. The minimum Gasteiger partial charge on any atom is -0.479 e. The quantitative estimate of drug-likeness (QED) is 0.00823. The molecule has 668 valence electrons. The highest BCUT2D eigenvalue weighted by molar-refractivity contribution is 8.00. The zero-order chi connectivity index (χ0) is 84.3. The lowest BCUT2D eigenvalue weighted by molar-refractivity contribution is -0.437. The smallest absolute Gasteiger partial charge is 0.397 e. The lowest BCUT2D eigenvalue weighted by atomic mass is 9.88. The van der Waals surface area contributed by atoms with Crippen LogP contribution in [-0.4, -0.2) is 339 Å². The maximum absolute atomic E-state index is 14.0. The number of rotatable bonds is 53. The minimum atomic E-state index is -5.59. The van der Waals surface area contributed by atoms with Crippen molar-refractivity contribution < 1.29 is 232 Å². The van der Waals surface area contributed by atoms with E-state index in [2.05, 4.69) is 67.1 Å². The van der Waals surface area contributed by atoms with E-state index in [1.165, 1.54) is 14.0 Å². The highest BCUT2D eigenvalue weighted by Crippen LogP contribution is 2.43. The maximum atomic E-state index is 14.0. The van der Waals surface area contributed by atoms with Crippen LogP contribution in [0.2, 0.25) is 0 Å². The van der Waals surface area contributed by atoms with Crippen molar-refractivity contribution in [1.82, 2.24) is 21.3 Å². The first-order valence-corrected chi connectivity index (χ1v) is 41.5. The summed E-state index contributed by atoms with van der Waals surface area (Å²) < 4.78 is 246. The third-order valence-electron chi connectivity index (χ3n) is 18.3. The number of hydrogen-bond donors (Lipinski definition) is 13. The molecule has 54 nitrogen and oxygen atoms in total. The molecule has 7 heterocycles. The van der Waals surface area contributed by atoms with Crippen molar-refractivity contribution in [1.29, 1.82) is 0 Å². The van der Waals surface area contributed by atoms with Crippen LogP contribution in [-0.2, 0) is 188 Å². The molecule has 7 fully saturated rings. The number of carboxylic acids is 2. The van der Waals surface area contributed by atoms with Gasteiger partial charge in [-0.1, -0.05) is 39.9 Å². The van der Waals surface area contributed by atoms with Gasteiger partial charge in [-0.15, -0.1) is 17.3 Å². The number of carbonyl (C=O) groups is 5. The molecule has 7 rings (SSSR count). The van der Waals surface area contributed by atoms with Gasteiger partial charge in [-0.25, -0.2) is 48.0 Å². The molecule has 0 aromatic rings. The zero-order valence-corrected chi connectivity index (χ0v) is 67.4. The van der Waals surface area contributed by atoms with E-state index < -0.39 is 222 Å². The number of ether oxygens (including phenoxy) is 15. The first kappa shape index (κ1) is 99.4. The SMILES string of the molecule is COC1C(OC)[C@H](O[C@H]2OC(COS(=O)(=O)O)[C@@H](O[C@@H]3OC(C(=O)O)[C@@H](O[C@@H]4OC(COS(=O)(=O)O)[C@@H](C)[C@H](OC)C4NC(=O)CCCCCNC(=O)CCCCC4SCC5NC(=O)NC54)[C@H](OC)C3OC)C(OSOOO)C2OSOOO)[C@H](C(=O)O)O[C@@H]1O[C@@H]1C(COS(=O)(=O)O)O[C@H](OC)C(OSOOO)[C@H]1OSOOO. The second kappa shape index (κ2) is 48.9. The summed E-state index contributed by atoms with van der Waals surface area (Å²) in [4.78, 5) is 65.8. The molecule has 0 saturated carbocycles. The van der Waals surface area contributed by atoms with Crippen LogP contribution in [0.1, 0.15) is 58.3 Å². The summed E-state index contributed by atoms with van der Waals surface area (Å²) >= 11 is 0.908. The van der Waals surface area contributed by atoms with E-state index in [-0.39, 0.29) is 97.8 Å². The predicted octanol–water partition coefficient (Wildman–Crippen LogP) is -1.50. The molecular formula is C53H88N4O50S8. The first-order valence-electron chi connectivity index (χ1n) is 33.6. The van der Waals surface area contributed by atoms with Crippen LogP contribution in [0.15, 0.2) is 0 Å². The van der Waals surface area contributed by atoms with Gasteiger partial charge >= 0.3 is 49.2 Å². The van der Waals surface area contributed by atoms with Crippen LogP contribution in [0.3, 0.4) is 0 Å². The van der Waals surface area contributed by atoms with Gasteiger partial charge in [-0.2, -0.15) is 37.0 Å². The standard InChI is InChI=1S/C53H88N4O50S8/c1-21-23(17-84-113(69,70)71)87-48(30(31(21)78-2)56-28(59)15-9-8-12-16-54-27(58)14-11-10-13-26-29-22(20-108-26)55-53(64)57-29)92-36-34(79-3)42(81-5)50(94-40(36)46(60)61)91-33-25(19-86-115(75,76)77)89-52(45(99-112-107-103-68)39(33)97-110-105-101-66)93-37-35(80-4)43(82-6)51(95-41(37)47(62)63)90-32-24(18-85-114(72,73)74)88-49(83-7)44(98-111-106-102-67)38(32)96-109-104-100-65/h21-26,29-45,48-52,65-68H,8-20H2,1-7H3,(H,54,58)(H,56,59)(H,60,61)(H,62,63)(H2,55,57,64)(H,69,70,71)(H,72,73,74)(H,75,76,77)/t21-,22?,23?,24?,25?,26?,29?,30?,31+,32-,33-,34+,35?,36+,37+,38+,39?,40?,41-,42?,43?,44?,45?,48+,49+,50-,51+,52-/m1/s1. The number of nitrogens with one attached hydrogen (secondary N) is 4. The Morgan fingerprint density at radius 3 is 1.33 bits per heavy atom. The molecular weight excluding hydrogens is 1750 g/mol. The second-order valence-corrected chi connectivity index (χ2v) is 31.4. The third kappa shape index (κ3) is 29.5. The Morgan fingerprint density at radius 1 is 0.470 bits per heavy atom. The molecule has 4 amide bonds. The second-order valence-electron chi connectivity index (χ2n) is 25.0. The van der Waals surface area contributed by atoms with Crippen LogP contribution in [0.5, 0.6) is 0 Å². The molecule has 0 aromatic carbocycles. The van der Waals surface area contributed by atoms with Crippen molar-refractivity contribution in [2.75, 3.05) is 74.8 Å². The molecule has 28 atom stereocenters. The van der Waals surface area contributed by atoms with Gasteiger partial charge in [0.1, 0.15) is 79.3 Å². The van der Waals surface area contributed by atoms with Crippen molar-refractivity contribution in [2.24, 2.45) is 5.92 Å². The number of amides is 4. The Balaban J connectivity index is 1.15. The van der Waals surface area contributed by atoms with Crippen molar-refractivity contribution in [3.63, 3.8) is 0 Å². The predicted molar refractivity (Wildman–Crippen MR) is 367 cm³/mol. The lowest BCUT2D eigenvalue weighted by Crippen LogP contribution is -2.69. The number of methoxy groups -OCH3 is 6. The molecule has 7 aliphatic heterocycles. The number of urea groups is 1. The number of carbonyl (C=O) groups excluding carboxylic acids is 3. The largest absolute Gasteiger partial charge is 0.479 e. The van der Waals surface area contributed by atoms with Gasteiger partial charge in [-0.05, 0) is 25.7 Å². The van der Waals surface area contributed by atoms with Crippen LogP contribution < -0.4 is 21.3 Å². The third-order valence-corrected chi connectivity index (χ3v) is 22.7. The molecule has 7 saturated heterocycles. The maximum Gasteiger partial charge on any atom is 0.397 e. The molecule has 62 heteroatoms. The van der Waals surface area contributed by atoms with Gasteiger partial charge < -0.3 is 103 Å². The van der Waals surface area contributed by atoms with Gasteiger partial charge in [0.25, 0.3) is 0 Å². The molecule has 0 radical (unpaired) electrons. The first-order chi connectivity index (χ1) is 54.8. The Kier molecular flexibility index (Phi) is 42.3. The summed E-state index contributed by atoms with van der Waals surface area (Å²) in [7, 11) is -9.92. The summed E-state index contributed by atoms with van der Waals surface area (Å²) in [5.41, 5.74) is 0. The molecule has 0 aromatic heterocycles. The van der Waals surface area contributed by atoms with Gasteiger partial charge in [0.15, 0.2) is 105 Å². The molecule has 0 spiro atoms. The number of fused-ring (bicyclic) bond motifs is 1. The van der Waals surface area contributed by atoms with Crippen LogP contribution in [0, 0.1) is 5.92 Å². The van der Waals surface area contributed by atoms with Gasteiger partial charge in [0, 0.05) is 79.0 Å². The van der Waals surface area contributed by atoms with Crippen molar-refractivity contribution >= 4 is 122 Å². The summed E-state index contributed by atoms with van der Waals surface area (Å²) in [6.45, 7) is -1.79. The summed E-state index contributed by atoms with van der Waals surface area (Å²) in [6.07, 6.45) is -42.5. The minimum absolute atomic E-state index is 0.0452. The van der Waals surface area contributed by atoms with Crippen molar-refractivity contribution in [3.8, 4) is 0 Å². The average Bonchev–Trinajstić information content (AvgIpc) is 1.42. The fraction of sp³-hybridized carbons (Fsp3) is 0.906. The van der Waals surface area contributed by atoms with Crippen LogP contribution >= 0.6 is 61.1 Å². The van der Waals surface area contributed by atoms with E-state index in [0.717, 1.165) is 54.1 Å². The van der Waals surface area contributed by atoms with E-state index in [1.807, 2.05) is 0 Å². The van der Waals surface area contributed by atoms with E-state index in [1.54, 1.807) is 11.8 Å². The highest BCUT2D eigenvalue weighted by Gasteiger charge is 2.62. The van der Waals surface area contributed by atoms with Crippen LogP contribution in [0.4, 0.5) is 4.79 Å². The Bertz CT molecular complexity index is 3330.